The van der Waals surface area contributed by atoms with Gasteiger partial charge < -0.3 is 5.11 Å². The summed E-state index contributed by atoms with van der Waals surface area (Å²) in [5, 5.41) is 9.12. The van der Waals surface area contributed by atoms with Crippen molar-refractivity contribution in [1.29, 1.82) is 0 Å². The number of aliphatic carboxylic acids is 1. The van der Waals surface area contributed by atoms with Crippen molar-refractivity contribution in [1.82, 2.24) is 0 Å². The average Bonchev–Trinajstić information content (AvgIpc) is 2.98. The van der Waals surface area contributed by atoms with Crippen LogP contribution >= 0.6 is 0 Å². The van der Waals surface area contributed by atoms with Gasteiger partial charge in [-0.15, -0.1) is 0 Å². The topological polar surface area (TPSA) is 37.3 Å². The van der Waals surface area contributed by atoms with Crippen LogP contribution in [0.2, 0.25) is 0 Å². The van der Waals surface area contributed by atoms with Gasteiger partial charge in [-0.3, -0.25) is 4.79 Å². The molecule has 1 fully saturated rings. The van der Waals surface area contributed by atoms with Gasteiger partial charge in [-0.1, -0.05) is 30.3 Å². The molecule has 1 saturated carbocycles. The normalized spacial score (nSPS) is 24.9. The van der Waals surface area contributed by atoms with E-state index in [-0.39, 0.29) is 5.92 Å². The Morgan fingerprint density at radius 2 is 1.93 bits per heavy atom. The summed E-state index contributed by atoms with van der Waals surface area (Å²) in [5.74, 6) is 0.0423. The number of carboxylic acid groups (broad SMARTS) is 1. The molecule has 1 N–H and O–H groups in total. The predicted molar refractivity (Wildman–Crippen MR) is 58.7 cm³/mol. The van der Waals surface area contributed by atoms with Gasteiger partial charge in [0.25, 0.3) is 0 Å². The fourth-order valence-electron chi connectivity index (χ4n) is 2.22. The molecule has 2 atom stereocenters. The summed E-state index contributed by atoms with van der Waals surface area (Å²) in [4.78, 5) is 11.1. The largest absolute Gasteiger partial charge is 0.481 e. The highest BCUT2D eigenvalue weighted by molar-refractivity contribution is 5.75. The van der Waals surface area contributed by atoms with Crippen molar-refractivity contribution in [2.24, 2.45) is 11.3 Å². The van der Waals surface area contributed by atoms with Gasteiger partial charge in [0.2, 0.25) is 0 Å². The Bertz CT molecular complexity index is 367. The third kappa shape index (κ3) is 1.76. The monoisotopic (exact) mass is 204 g/mol. The molecule has 2 heteroatoms. The number of rotatable bonds is 3. The highest BCUT2D eigenvalue weighted by Gasteiger charge is 2.51. The van der Waals surface area contributed by atoms with E-state index in [4.69, 9.17) is 5.11 Å². The SMILES string of the molecule is CC(C)(C(=O)O)[C@H]1C[C@@H]1c1ccccc1. The van der Waals surface area contributed by atoms with Crippen LogP contribution in [0.25, 0.3) is 0 Å². The fraction of sp³-hybridized carbons (Fsp3) is 0.462. The average molecular weight is 204 g/mol. The van der Waals surface area contributed by atoms with Gasteiger partial charge in [-0.05, 0) is 37.7 Å². The zero-order chi connectivity index (χ0) is 11.1. The van der Waals surface area contributed by atoms with Crippen molar-refractivity contribution in [2.75, 3.05) is 0 Å². The Hall–Kier alpha value is -1.31. The summed E-state index contributed by atoms with van der Waals surface area (Å²) >= 11 is 0. The van der Waals surface area contributed by atoms with Gasteiger partial charge in [0.05, 0.1) is 5.41 Å². The number of hydrogen-bond donors (Lipinski definition) is 1. The van der Waals surface area contributed by atoms with Gasteiger partial charge in [0.1, 0.15) is 0 Å². The second kappa shape index (κ2) is 3.37. The maximum absolute atomic E-state index is 11.1. The number of hydrogen-bond acceptors (Lipinski definition) is 1. The Labute approximate surface area is 89.9 Å². The molecule has 2 nitrogen and oxygen atoms in total. The van der Waals surface area contributed by atoms with Crippen molar-refractivity contribution in [3.05, 3.63) is 35.9 Å². The van der Waals surface area contributed by atoms with E-state index in [1.807, 2.05) is 32.0 Å². The van der Waals surface area contributed by atoms with Crippen LogP contribution in [0.5, 0.6) is 0 Å². The molecular weight excluding hydrogens is 188 g/mol. The third-order valence-electron chi connectivity index (χ3n) is 3.50. The standard InChI is InChI=1S/C13H16O2/c1-13(2,12(14)15)11-8-10(11)9-6-4-3-5-7-9/h3-7,10-11H,8H2,1-2H3,(H,14,15)/t10-,11+/m1/s1. The molecule has 1 aliphatic rings. The Balaban J connectivity index is 2.12. The summed E-state index contributed by atoms with van der Waals surface area (Å²) in [6, 6.07) is 10.2. The number of benzene rings is 1. The molecule has 0 aromatic heterocycles. The maximum atomic E-state index is 11.1. The number of carbonyl (C=O) groups is 1. The van der Waals surface area contributed by atoms with Crippen molar-refractivity contribution in [2.45, 2.75) is 26.2 Å². The molecule has 0 heterocycles. The first-order chi connectivity index (χ1) is 7.03. The molecule has 0 spiro atoms. The minimum absolute atomic E-state index is 0.289. The van der Waals surface area contributed by atoms with E-state index in [0.717, 1.165) is 6.42 Å². The number of carboxylic acids is 1. The minimum atomic E-state index is -0.689. The zero-order valence-electron chi connectivity index (χ0n) is 9.10. The van der Waals surface area contributed by atoms with E-state index < -0.39 is 11.4 Å². The van der Waals surface area contributed by atoms with Gasteiger partial charge >= 0.3 is 5.97 Å². The lowest BCUT2D eigenvalue weighted by molar-refractivity contribution is -0.148. The Morgan fingerprint density at radius 3 is 2.47 bits per heavy atom. The van der Waals surface area contributed by atoms with E-state index in [9.17, 15) is 4.79 Å². The Morgan fingerprint density at radius 1 is 1.33 bits per heavy atom. The smallest absolute Gasteiger partial charge is 0.309 e. The van der Waals surface area contributed by atoms with Crippen LogP contribution in [0, 0.1) is 11.3 Å². The van der Waals surface area contributed by atoms with E-state index in [1.54, 1.807) is 0 Å². The molecule has 80 valence electrons. The predicted octanol–water partition coefficient (Wildman–Crippen LogP) is 2.90. The van der Waals surface area contributed by atoms with Gasteiger partial charge in [-0.25, -0.2) is 0 Å². The molecule has 0 radical (unpaired) electrons. The third-order valence-corrected chi connectivity index (χ3v) is 3.50. The summed E-state index contributed by atoms with van der Waals surface area (Å²) in [6.07, 6.45) is 1.00. The second-order valence-electron chi connectivity index (χ2n) is 4.89. The van der Waals surface area contributed by atoms with Crippen LogP contribution in [0.4, 0.5) is 0 Å². The first-order valence-corrected chi connectivity index (χ1v) is 5.32. The lowest BCUT2D eigenvalue weighted by Crippen LogP contribution is -2.26. The van der Waals surface area contributed by atoms with Crippen molar-refractivity contribution in [3.8, 4) is 0 Å². The molecule has 0 bridgehead atoms. The second-order valence-corrected chi connectivity index (χ2v) is 4.89. The van der Waals surface area contributed by atoms with Crippen molar-refractivity contribution < 1.29 is 9.90 Å². The first kappa shape index (κ1) is 10.2. The highest BCUT2D eigenvalue weighted by atomic mass is 16.4. The molecule has 0 unspecified atom stereocenters. The molecule has 0 saturated heterocycles. The van der Waals surface area contributed by atoms with Crippen molar-refractivity contribution in [3.63, 3.8) is 0 Å². The first-order valence-electron chi connectivity index (χ1n) is 5.32. The molecule has 0 aliphatic heterocycles. The summed E-state index contributed by atoms with van der Waals surface area (Å²) in [5.41, 5.74) is 0.678. The minimum Gasteiger partial charge on any atom is -0.481 e. The molecule has 1 aromatic carbocycles. The van der Waals surface area contributed by atoms with E-state index >= 15 is 0 Å². The van der Waals surface area contributed by atoms with Crippen LogP contribution < -0.4 is 0 Å². The lowest BCUT2D eigenvalue weighted by Gasteiger charge is -2.19. The van der Waals surface area contributed by atoms with E-state index in [1.165, 1.54) is 5.56 Å². The van der Waals surface area contributed by atoms with E-state index in [0.29, 0.717) is 5.92 Å². The molecule has 1 aromatic rings. The van der Waals surface area contributed by atoms with Crippen LogP contribution in [0.15, 0.2) is 30.3 Å². The van der Waals surface area contributed by atoms with Crippen LogP contribution in [-0.4, -0.2) is 11.1 Å². The van der Waals surface area contributed by atoms with Crippen molar-refractivity contribution >= 4 is 5.97 Å². The van der Waals surface area contributed by atoms with Crippen LogP contribution in [-0.2, 0) is 4.79 Å². The Kier molecular flexibility index (Phi) is 2.29. The molecule has 0 amide bonds. The fourth-order valence-corrected chi connectivity index (χ4v) is 2.22. The lowest BCUT2D eigenvalue weighted by atomic mass is 9.85. The molecular formula is C13H16O2. The summed E-state index contributed by atoms with van der Waals surface area (Å²) in [6.45, 7) is 3.64. The van der Waals surface area contributed by atoms with E-state index in [2.05, 4.69) is 12.1 Å². The maximum Gasteiger partial charge on any atom is 0.309 e. The zero-order valence-corrected chi connectivity index (χ0v) is 9.10. The van der Waals surface area contributed by atoms with Gasteiger partial charge in [-0.2, -0.15) is 0 Å². The van der Waals surface area contributed by atoms with Gasteiger partial charge in [0, 0.05) is 0 Å². The molecule has 2 rings (SSSR count). The van der Waals surface area contributed by atoms with Gasteiger partial charge in [0.15, 0.2) is 0 Å². The summed E-state index contributed by atoms with van der Waals surface area (Å²) < 4.78 is 0. The summed E-state index contributed by atoms with van der Waals surface area (Å²) in [7, 11) is 0. The van der Waals surface area contributed by atoms with Crippen LogP contribution in [0.1, 0.15) is 31.7 Å². The van der Waals surface area contributed by atoms with Crippen LogP contribution in [0.3, 0.4) is 0 Å². The quantitative estimate of drug-likeness (QED) is 0.822. The highest BCUT2D eigenvalue weighted by Crippen LogP contribution is 2.56. The molecule has 1 aliphatic carbocycles. The molecule has 15 heavy (non-hydrogen) atoms.